The minimum absolute atomic E-state index is 0.0318. The van der Waals surface area contributed by atoms with E-state index < -0.39 is 0 Å². The maximum atomic E-state index is 11.3. The Morgan fingerprint density at radius 1 is 1.15 bits per heavy atom. The topological polar surface area (TPSA) is 50.2 Å². The third kappa shape index (κ3) is 3.87. The molecular formula is C22H24N4O. The van der Waals surface area contributed by atoms with Crippen LogP contribution in [0.2, 0.25) is 0 Å². The van der Waals surface area contributed by atoms with Crippen molar-refractivity contribution in [3.8, 4) is 11.3 Å². The van der Waals surface area contributed by atoms with Gasteiger partial charge in [0.25, 0.3) is 0 Å². The molecule has 5 heteroatoms. The molecule has 0 atom stereocenters. The second-order valence-electron chi connectivity index (χ2n) is 7.12. The number of aryl methyl sites for hydroxylation is 2. The van der Waals surface area contributed by atoms with E-state index >= 15 is 0 Å². The summed E-state index contributed by atoms with van der Waals surface area (Å²) in [6.07, 6.45) is 4.14. The number of fused-ring (bicyclic) bond motifs is 1. The summed E-state index contributed by atoms with van der Waals surface area (Å²) in [6.45, 7) is 3.48. The molecule has 27 heavy (non-hydrogen) atoms. The monoisotopic (exact) mass is 360 g/mol. The third-order valence-corrected chi connectivity index (χ3v) is 4.95. The van der Waals surface area contributed by atoms with Crippen molar-refractivity contribution in [2.75, 3.05) is 16.8 Å². The highest BCUT2D eigenvalue weighted by Gasteiger charge is 2.17. The van der Waals surface area contributed by atoms with Gasteiger partial charge in [-0.05, 0) is 48.2 Å². The van der Waals surface area contributed by atoms with Crippen LogP contribution >= 0.6 is 0 Å². The zero-order valence-corrected chi connectivity index (χ0v) is 15.8. The van der Waals surface area contributed by atoms with E-state index in [2.05, 4.69) is 51.7 Å². The Morgan fingerprint density at radius 2 is 1.96 bits per heavy atom. The lowest BCUT2D eigenvalue weighted by Gasteiger charge is -2.32. The van der Waals surface area contributed by atoms with E-state index in [1.165, 1.54) is 16.8 Å². The highest BCUT2D eigenvalue weighted by atomic mass is 16.1. The highest BCUT2D eigenvalue weighted by molar-refractivity contribution is 5.89. The Labute approximate surface area is 159 Å². The van der Waals surface area contributed by atoms with Crippen LogP contribution in [0.3, 0.4) is 0 Å². The van der Waals surface area contributed by atoms with Crippen LogP contribution in [0.1, 0.15) is 24.5 Å². The summed E-state index contributed by atoms with van der Waals surface area (Å²) in [7, 11) is 1.93. The molecule has 0 fully saturated rings. The van der Waals surface area contributed by atoms with Crippen LogP contribution in [-0.4, -0.2) is 22.2 Å². The molecule has 1 aromatic heterocycles. The largest absolute Gasteiger partial charge is 0.367 e. The number of hydrogen-bond donors (Lipinski definition) is 1. The molecule has 0 radical (unpaired) electrons. The summed E-state index contributed by atoms with van der Waals surface area (Å²) in [4.78, 5) is 13.7. The molecule has 0 saturated carbocycles. The number of carbonyl (C=O) groups excluding carboxylic acids is 1. The van der Waals surface area contributed by atoms with Gasteiger partial charge in [0, 0.05) is 50.2 Å². The first-order valence-corrected chi connectivity index (χ1v) is 9.33. The van der Waals surface area contributed by atoms with Crippen LogP contribution in [0.5, 0.6) is 0 Å². The molecule has 0 saturated heterocycles. The molecule has 4 rings (SSSR count). The number of rotatable bonds is 4. The van der Waals surface area contributed by atoms with Gasteiger partial charge in [-0.15, -0.1) is 0 Å². The summed E-state index contributed by atoms with van der Waals surface area (Å²) >= 11 is 0. The predicted octanol–water partition coefficient (Wildman–Crippen LogP) is 4.00. The Balaban J connectivity index is 1.51. The SMILES string of the molecule is CC(=O)Nc1ccc2c(c1)CCCN2Cc1ccc(-c2ccn(C)n2)cc1. The number of benzene rings is 2. The molecule has 1 aliphatic heterocycles. The minimum Gasteiger partial charge on any atom is -0.367 e. The van der Waals surface area contributed by atoms with Crippen molar-refractivity contribution in [1.29, 1.82) is 0 Å². The smallest absolute Gasteiger partial charge is 0.221 e. The molecule has 138 valence electrons. The quantitative estimate of drug-likeness (QED) is 0.765. The number of nitrogens with one attached hydrogen (secondary N) is 1. The highest BCUT2D eigenvalue weighted by Crippen LogP contribution is 2.31. The van der Waals surface area contributed by atoms with Crippen LogP contribution in [-0.2, 0) is 24.8 Å². The fourth-order valence-corrected chi connectivity index (χ4v) is 3.69. The van der Waals surface area contributed by atoms with Crippen molar-refractivity contribution in [3.63, 3.8) is 0 Å². The number of aromatic nitrogens is 2. The number of anilines is 2. The van der Waals surface area contributed by atoms with Gasteiger partial charge in [0.05, 0.1) is 5.69 Å². The van der Waals surface area contributed by atoms with Crippen LogP contribution in [0.15, 0.2) is 54.7 Å². The van der Waals surface area contributed by atoms with Gasteiger partial charge in [-0.3, -0.25) is 9.48 Å². The number of nitrogens with zero attached hydrogens (tertiary/aromatic N) is 3. The van der Waals surface area contributed by atoms with Gasteiger partial charge in [0.15, 0.2) is 0 Å². The molecule has 0 aliphatic carbocycles. The fraction of sp³-hybridized carbons (Fsp3) is 0.273. The lowest BCUT2D eigenvalue weighted by Crippen LogP contribution is -2.28. The lowest BCUT2D eigenvalue weighted by molar-refractivity contribution is -0.114. The van der Waals surface area contributed by atoms with Gasteiger partial charge in [-0.1, -0.05) is 24.3 Å². The number of hydrogen-bond acceptors (Lipinski definition) is 3. The molecule has 0 bridgehead atoms. The van der Waals surface area contributed by atoms with E-state index in [1.807, 2.05) is 30.1 Å². The zero-order chi connectivity index (χ0) is 18.8. The van der Waals surface area contributed by atoms with Crippen molar-refractivity contribution in [2.45, 2.75) is 26.3 Å². The third-order valence-electron chi connectivity index (χ3n) is 4.95. The molecule has 5 nitrogen and oxygen atoms in total. The maximum absolute atomic E-state index is 11.3. The predicted molar refractivity (Wildman–Crippen MR) is 109 cm³/mol. The summed E-state index contributed by atoms with van der Waals surface area (Å²) in [5, 5.41) is 7.34. The summed E-state index contributed by atoms with van der Waals surface area (Å²) in [5.41, 5.74) is 6.87. The van der Waals surface area contributed by atoms with Crippen LogP contribution < -0.4 is 10.2 Å². The minimum atomic E-state index is -0.0318. The molecule has 0 spiro atoms. The van der Waals surface area contributed by atoms with E-state index in [4.69, 9.17) is 0 Å². The van der Waals surface area contributed by atoms with Gasteiger partial charge in [0.1, 0.15) is 0 Å². The Morgan fingerprint density at radius 3 is 2.67 bits per heavy atom. The van der Waals surface area contributed by atoms with Crippen molar-refractivity contribution in [3.05, 3.63) is 65.9 Å². The Kier molecular flexibility index (Phi) is 4.67. The van der Waals surface area contributed by atoms with E-state index in [0.717, 1.165) is 42.9 Å². The average Bonchev–Trinajstić information content (AvgIpc) is 3.08. The van der Waals surface area contributed by atoms with E-state index in [-0.39, 0.29) is 5.91 Å². The van der Waals surface area contributed by atoms with Crippen LogP contribution in [0, 0.1) is 0 Å². The molecule has 3 aromatic rings. The number of amides is 1. The van der Waals surface area contributed by atoms with Crippen molar-refractivity contribution >= 4 is 17.3 Å². The molecule has 1 amide bonds. The maximum Gasteiger partial charge on any atom is 0.221 e. The molecular weight excluding hydrogens is 336 g/mol. The molecule has 1 N–H and O–H groups in total. The standard InChI is InChI=1S/C22H24N4O/c1-16(27)23-20-9-10-22-19(14-20)4-3-12-26(22)15-17-5-7-18(8-6-17)21-11-13-25(2)24-21/h5-11,13-14H,3-4,12,15H2,1-2H3,(H,23,27). The molecule has 2 heterocycles. The first kappa shape index (κ1) is 17.3. The van der Waals surface area contributed by atoms with Crippen LogP contribution in [0.4, 0.5) is 11.4 Å². The van der Waals surface area contributed by atoms with Gasteiger partial charge in [-0.25, -0.2) is 0 Å². The fourth-order valence-electron chi connectivity index (χ4n) is 3.69. The van der Waals surface area contributed by atoms with Gasteiger partial charge >= 0.3 is 0 Å². The Bertz CT molecular complexity index is 959. The Hall–Kier alpha value is -3.08. The molecule has 1 aliphatic rings. The number of carbonyl (C=O) groups is 1. The van der Waals surface area contributed by atoms with Gasteiger partial charge < -0.3 is 10.2 Å². The van der Waals surface area contributed by atoms with Gasteiger partial charge in [0.2, 0.25) is 5.91 Å². The zero-order valence-electron chi connectivity index (χ0n) is 15.8. The van der Waals surface area contributed by atoms with Gasteiger partial charge in [-0.2, -0.15) is 5.10 Å². The van der Waals surface area contributed by atoms with Crippen molar-refractivity contribution < 1.29 is 4.79 Å². The van der Waals surface area contributed by atoms with Crippen molar-refractivity contribution in [1.82, 2.24) is 9.78 Å². The molecule has 0 unspecified atom stereocenters. The normalized spacial score (nSPS) is 13.3. The summed E-state index contributed by atoms with van der Waals surface area (Å²) in [5.74, 6) is -0.0318. The van der Waals surface area contributed by atoms with E-state index in [9.17, 15) is 4.79 Å². The molecule has 2 aromatic carbocycles. The van der Waals surface area contributed by atoms with Crippen molar-refractivity contribution in [2.24, 2.45) is 7.05 Å². The lowest BCUT2D eigenvalue weighted by atomic mass is 10.00. The summed E-state index contributed by atoms with van der Waals surface area (Å²) in [6, 6.07) is 16.9. The van der Waals surface area contributed by atoms with E-state index in [0.29, 0.717) is 0 Å². The van der Waals surface area contributed by atoms with E-state index in [1.54, 1.807) is 6.92 Å². The second kappa shape index (κ2) is 7.27. The first-order valence-electron chi connectivity index (χ1n) is 9.33. The van der Waals surface area contributed by atoms with Crippen LogP contribution in [0.25, 0.3) is 11.3 Å². The average molecular weight is 360 g/mol. The first-order chi connectivity index (χ1) is 13.1. The second-order valence-corrected chi connectivity index (χ2v) is 7.12. The summed E-state index contributed by atoms with van der Waals surface area (Å²) < 4.78 is 1.82.